The van der Waals surface area contributed by atoms with Gasteiger partial charge in [0.1, 0.15) is 5.75 Å². The Morgan fingerprint density at radius 3 is 1.95 bits per heavy atom. The summed E-state index contributed by atoms with van der Waals surface area (Å²) in [6, 6.07) is 26.0. The zero-order valence-electron chi connectivity index (χ0n) is 10.9. The normalized spacial score (nSPS) is 10.4. The number of rotatable bonds is 3. The molecule has 0 aliphatic heterocycles. The van der Waals surface area contributed by atoms with Crippen molar-refractivity contribution in [2.75, 3.05) is 0 Å². The minimum atomic E-state index is 0.320. The lowest BCUT2D eigenvalue weighted by atomic mass is 10.1. The summed E-state index contributed by atoms with van der Waals surface area (Å²) in [5, 5.41) is 10.2. The SMILES string of the molecule is Oc1cc(-c2ccccc2)ccc1Sc1ccccc1. The average molecular weight is 278 g/mol. The number of benzene rings is 3. The van der Waals surface area contributed by atoms with Crippen LogP contribution in [0.1, 0.15) is 0 Å². The predicted molar refractivity (Wildman–Crippen MR) is 84.1 cm³/mol. The summed E-state index contributed by atoms with van der Waals surface area (Å²) in [5.74, 6) is 0.320. The maximum absolute atomic E-state index is 10.2. The van der Waals surface area contributed by atoms with Crippen molar-refractivity contribution in [1.29, 1.82) is 0 Å². The van der Waals surface area contributed by atoms with Crippen molar-refractivity contribution in [3.05, 3.63) is 78.9 Å². The van der Waals surface area contributed by atoms with Gasteiger partial charge >= 0.3 is 0 Å². The van der Waals surface area contributed by atoms with E-state index in [2.05, 4.69) is 0 Å². The summed E-state index contributed by atoms with van der Waals surface area (Å²) in [4.78, 5) is 1.99. The van der Waals surface area contributed by atoms with Crippen LogP contribution < -0.4 is 0 Å². The van der Waals surface area contributed by atoms with Crippen molar-refractivity contribution < 1.29 is 5.11 Å². The van der Waals surface area contributed by atoms with Crippen LogP contribution in [0.2, 0.25) is 0 Å². The highest BCUT2D eigenvalue weighted by Crippen LogP contribution is 2.36. The lowest BCUT2D eigenvalue weighted by molar-refractivity contribution is 0.463. The second-order valence-electron chi connectivity index (χ2n) is 4.46. The average Bonchev–Trinajstić information content (AvgIpc) is 2.51. The molecule has 0 atom stereocenters. The predicted octanol–water partition coefficient (Wildman–Crippen LogP) is 5.21. The van der Waals surface area contributed by atoms with E-state index in [1.54, 1.807) is 11.8 Å². The van der Waals surface area contributed by atoms with Gasteiger partial charge in [0.25, 0.3) is 0 Å². The van der Waals surface area contributed by atoms with E-state index in [0.29, 0.717) is 5.75 Å². The first kappa shape index (κ1) is 12.8. The van der Waals surface area contributed by atoms with Gasteiger partial charge in [-0.3, -0.25) is 0 Å². The van der Waals surface area contributed by atoms with Crippen molar-refractivity contribution in [2.45, 2.75) is 9.79 Å². The van der Waals surface area contributed by atoms with E-state index in [-0.39, 0.29) is 0 Å². The highest BCUT2D eigenvalue weighted by Gasteiger charge is 2.05. The largest absolute Gasteiger partial charge is 0.507 e. The minimum Gasteiger partial charge on any atom is -0.507 e. The highest BCUT2D eigenvalue weighted by molar-refractivity contribution is 7.99. The summed E-state index contributed by atoms with van der Waals surface area (Å²) < 4.78 is 0. The Labute approximate surface area is 122 Å². The Morgan fingerprint density at radius 2 is 1.30 bits per heavy atom. The molecule has 2 heteroatoms. The van der Waals surface area contributed by atoms with Gasteiger partial charge in [-0.2, -0.15) is 0 Å². The topological polar surface area (TPSA) is 20.2 Å². The van der Waals surface area contributed by atoms with Crippen LogP contribution in [0.15, 0.2) is 88.7 Å². The Kier molecular flexibility index (Phi) is 3.75. The summed E-state index contributed by atoms with van der Waals surface area (Å²) in [5.41, 5.74) is 2.14. The van der Waals surface area contributed by atoms with Gasteiger partial charge in [0.2, 0.25) is 0 Å². The molecule has 0 saturated heterocycles. The fraction of sp³-hybridized carbons (Fsp3) is 0. The first-order valence-electron chi connectivity index (χ1n) is 6.44. The van der Waals surface area contributed by atoms with E-state index in [1.807, 2.05) is 78.9 Å². The molecule has 0 unspecified atom stereocenters. The molecule has 0 aromatic heterocycles. The van der Waals surface area contributed by atoms with Crippen molar-refractivity contribution in [3.8, 4) is 16.9 Å². The highest BCUT2D eigenvalue weighted by atomic mass is 32.2. The monoisotopic (exact) mass is 278 g/mol. The molecule has 20 heavy (non-hydrogen) atoms. The van der Waals surface area contributed by atoms with E-state index in [4.69, 9.17) is 0 Å². The molecular formula is C18H14OS. The molecule has 0 spiro atoms. The first-order chi connectivity index (χ1) is 9.83. The van der Waals surface area contributed by atoms with Crippen LogP contribution >= 0.6 is 11.8 Å². The summed E-state index contributed by atoms with van der Waals surface area (Å²) in [6.45, 7) is 0. The Hall–Kier alpha value is -2.19. The van der Waals surface area contributed by atoms with Crippen molar-refractivity contribution in [3.63, 3.8) is 0 Å². The molecule has 0 saturated carbocycles. The van der Waals surface area contributed by atoms with E-state index < -0.39 is 0 Å². The molecule has 0 radical (unpaired) electrons. The van der Waals surface area contributed by atoms with Gasteiger partial charge in [-0.1, -0.05) is 66.4 Å². The molecule has 1 nitrogen and oxygen atoms in total. The van der Waals surface area contributed by atoms with Gasteiger partial charge in [-0.15, -0.1) is 0 Å². The molecule has 3 aromatic carbocycles. The van der Waals surface area contributed by atoms with E-state index >= 15 is 0 Å². The molecule has 0 amide bonds. The zero-order valence-corrected chi connectivity index (χ0v) is 11.7. The second kappa shape index (κ2) is 5.85. The van der Waals surface area contributed by atoms with Gasteiger partial charge in [0.05, 0.1) is 4.90 Å². The minimum absolute atomic E-state index is 0.320. The maximum Gasteiger partial charge on any atom is 0.130 e. The standard InChI is InChI=1S/C18H14OS/c19-17-13-15(14-7-3-1-4-8-14)11-12-18(17)20-16-9-5-2-6-10-16/h1-13,19H. The summed E-state index contributed by atoms with van der Waals surface area (Å²) in [6.07, 6.45) is 0. The van der Waals surface area contributed by atoms with E-state index in [1.165, 1.54) is 0 Å². The van der Waals surface area contributed by atoms with Gasteiger partial charge < -0.3 is 5.11 Å². The summed E-state index contributed by atoms with van der Waals surface area (Å²) in [7, 11) is 0. The lowest BCUT2D eigenvalue weighted by Gasteiger charge is -2.07. The molecule has 98 valence electrons. The van der Waals surface area contributed by atoms with Crippen molar-refractivity contribution in [2.24, 2.45) is 0 Å². The number of phenolic OH excluding ortho intramolecular Hbond substituents is 1. The number of aromatic hydroxyl groups is 1. The molecular weight excluding hydrogens is 264 g/mol. The molecule has 0 aliphatic rings. The third kappa shape index (κ3) is 2.86. The van der Waals surface area contributed by atoms with Crippen LogP contribution in [0, 0.1) is 0 Å². The van der Waals surface area contributed by atoms with Gasteiger partial charge in [-0.05, 0) is 35.4 Å². The molecule has 0 fully saturated rings. The number of hydrogen-bond acceptors (Lipinski definition) is 2. The summed E-state index contributed by atoms with van der Waals surface area (Å²) >= 11 is 1.57. The van der Waals surface area contributed by atoms with E-state index in [9.17, 15) is 5.11 Å². The van der Waals surface area contributed by atoms with Crippen LogP contribution in [0.25, 0.3) is 11.1 Å². The molecule has 1 N–H and O–H groups in total. The third-order valence-corrected chi connectivity index (χ3v) is 4.11. The fourth-order valence-electron chi connectivity index (χ4n) is 2.03. The van der Waals surface area contributed by atoms with Gasteiger partial charge in [0, 0.05) is 4.90 Å². The second-order valence-corrected chi connectivity index (χ2v) is 5.58. The van der Waals surface area contributed by atoms with Crippen LogP contribution in [-0.4, -0.2) is 5.11 Å². The van der Waals surface area contributed by atoms with Crippen molar-refractivity contribution in [1.82, 2.24) is 0 Å². The molecule has 3 rings (SSSR count). The third-order valence-electron chi connectivity index (χ3n) is 3.04. The maximum atomic E-state index is 10.2. The first-order valence-corrected chi connectivity index (χ1v) is 7.26. The van der Waals surface area contributed by atoms with Gasteiger partial charge in [-0.25, -0.2) is 0 Å². The smallest absolute Gasteiger partial charge is 0.130 e. The van der Waals surface area contributed by atoms with Crippen LogP contribution in [-0.2, 0) is 0 Å². The lowest BCUT2D eigenvalue weighted by Crippen LogP contribution is -1.80. The number of hydrogen-bond donors (Lipinski definition) is 1. The molecule has 0 aliphatic carbocycles. The molecule has 0 heterocycles. The number of phenols is 1. The Bertz CT molecular complexity index is 693. The quantitative estimate of drug-likeness (QED) is 0.709. The molecule has 3 aromatic rings. The van der Waals surface area contributed by atoms with Crippen LogP contribution in [0.5, 0.6) is 5.75 Å². The van der Waals surface area contributed by atoms with Crippen molar-refractivity contribution >= 4 is 11.8 Å². The van der Waals surface area contributed by atoms with Crippen LogP contribution in [0.3, 0.4) is 0 Å². The molecule has 0 bridgehead atoms. The zero-order chi connectivity index (χ0) is 13.8. The fourth-order valence-corrected chi connectivity index (χ4v) is 2.88. The Morgan fingerprint density at radius 1 is 0.650 bits per heavy atom. The van der Waals surface area contributed by atoms with Crippen LogP contribution in [0.4, 0.5) is 0 Å². The Balaban J connectivity index is 1.89. The van der Waals surface area contributed by atoms with E-state index in [0.717, 1.165) is 20.9 Å². The van der Waals surface area contributed by atoms with Gasteiger partial charge in [0.15, 0.2) is 0 Å².